The molecular weight excluding hydrogens is 313 g/mol. The van der Waals surface area contributed by atoms with Gasteiger partial charge in [0, 0.05) is 18.8 Å². The molecule has 1 saturated heterocycles. The summed E-state index contributed by atoms with van der Waals surface area (Å²) in [6.07, 6.45) is -6.45. The van der Waals surface area contributed by atoms with E-state index in [9.17, 15) is 31.9 Å². The fourth-order valence-corrected chi connectivity index (χ4v) is 2.02. The Kier molecular flexibility index (Phi) is 3.76. The zero-order valence-electron chi connectivity index (χ0n) is 11.5. The first-order chi connectivity index (χ1) is 9.98. The Balaban J connectivity index is 2.44. The summed E-state index contributed by atoms with van der Waals surface area (Å²) >= 11 is 0. The molecule has 10 heteroatoms. The number of nitrogens with zero attached hydrogens (tertiary/aromatic N) is 3. The lowest BCUT2D eigenvalue weighted by molar-refractivity contribution is -0.289. The Bertz CT molecular complexity index is 592. The second-order valence-corrected chi connectivity index (χ2v) is 4.89. The maximum Gasteiger partial charge on any atom is 0.458 e. The van der Waals surface area contributed by atoms with E-state index in [-0.39, 0.29) is 0 Å². The van der Waals surface area contributed by atoms with Crippen LogP contribution < -0.4 is 4.90 Å². The van der Waals surface area contributed by atoms with Gasteiger partial charge in [-0.05, 0) is 19.1 Å². The molecule has 1 aliphatic heterocycles. The van der Waals surface area contributed by atoms with E-state index < -0.39 is 41.8 Å². The van der Waals surface area contributed by atoms with E-state index in [1.54, 1.807) is 0 Å². The van der Waals surface area contributed by atoms with Crippen molar-refractivity contribution in [2.24, 2.45) is 0 Å². The summed E-state index contributed by atoms with van der Waals surface area (Å²) in [6, 6.07) is -0.460. The molecule has 2 rings (SSSR count). The van der Waals surface area contributed by atoms with Crippen LogP contribution in [-0.2, 0) is 5.92 Å². The highest BCUT2D eigenvalue weighted by Gasteiger charge is 2.59. The largest absolute Gasteiger partial charge is 0.458 e. The molecule has 0 radical (unpaired) electrons. The third-order valence-electron chi connectivity index (χ3n) is 3.53. The number of aliphatic hydroxyl groups is 1. The molecule has 0 aliphatic carbocycles. The van der Waals surface area contributed by atoms with Gasteiger partial charge in [0.1, 0.15) is 5.82 Å². The average molecular weight is 325 g/mol. The Morgan fingerprint density at radius 2 is 1.86 bits per heavy atom. The quantitative estimate of drug-likeness (QED) is 0.849. The zero-order valence-corrected chi connectivity index (χ0v) is 11.5. The number of pyridine rings is 1. The number of hydrogen-bond donors (Lipinski definition) is 1. The average Bonchev–Trinajstić information content (AvgIpc) is 2.62. The van der Waals surface area contributed by atoms with Crippen molar-refractivity contribution in [1.29, 1.82) is 0 Å². The molecule has 1 fully saturated rings. The number of alkyl halides is 5. The van der Waals surface area contributed by atoms with Gasteiger partial charge < -0.3 is 10.0 Å². The van der Waals surface area contributed by atoms with Crippen LogP contribution in [0.4, 0.5) is 32.6 Å². The number of aliphatic hydroxyl groups excluding tert-OH is 1. The number of urea groups is 1. The van der Waals surface area contributed by atoms with Crippen molar-refractivity contribution in [2.45, 2.75) is 31.3 Å². The van der Waals surface area contributed by atoms with E-state index in [0.717, 1.165) is 11.1 Å². The second kappa shape index (κ2) is 5.04. The maximum atomic E-state index is 13.3. The monoisotopic (exact) mass is 325 g/mol. The number of halogens is 5. The smallest absolute Gasteiger partial charge is 0.371 e. The van der Waals surface area contributed by atoms with E-state index in [2.05, 4.69) is 4.98 Å². The first kappa shape index (κ1) is 16.4. The van der Waals surface area contributed by atoms with Gasteiger partial charge >= 0.3 is 18.1 Å². The number of carbonyl (C=O) groups excluding carboxylic acids is 1. The topological polar surface area (TPSA) is 56.7 Å². The maximum absolute atomic E-state index is 13.3. The number of carbonyl (C=O) groups is 1. The summed E-state index contributed by atoms with van der Waals surface area (Å²) < 4.78 is 63.9. The third-order valence-corrected chi connectivity index (χ3v) is 3.53. The highest BCUT2D eigenvalue weighted by atomic mass is 19.4. The van der Waals surface area contributed by atoms with Gasteiger partial charge in [-0.15, -0.1) is 0 Å². The summed E-state index contributed by atoms with van der Waals surface area (Å²) in [5, 5.41) is 9.92. The Morgan fingerprint density at radius 3 is 2.32 bits per heavy atom. The van der Waals surface area contributed by atoms with E-state index in [0.29, 0.717) is 17.0 Å². The Labute approximate surface area is 122 Å². The Morgan fingerprint density at radius 1 is 1.27 bits per heavy atom. The molecule has 0 spiro atoms. The summed E-state index contributed by atoms with van der Waals surface area (Å²) in [7, 11) is 1.37. The first-order valence-corrected chi connectivity index (χ1v) is 6.13. The summed E-state index contributed by atoms with van der Waals surface area (Å²) in [5.74, 6) is -5.56. The van der Waals surface area contributed by atoms with Crippen molar-refractivity contribution in [1.82, 2.24) is 9.88 Å². The fourth-order valence-electron chi connectivity index (χ4n) is 2.02. The van der Waals surface area contributed by atoms with E-state index in [1.165, 1.54) is 14.0 Å². The zero-order chi connectivity index (χ0) is 16.9. The van der Waals surface area contributed by atoms with Gasteiger partial charge in [0.05, 0.1) is 6.04 Å². The summed E-state index contributed by atoms with van der Waals surface area (Å²) in [5.41, 5.74) is -1.35. The molecule has 0 bridgehead atoms. The molecular formula is C12H12F5N3O2. The lowest BCUT2D eigenvalue weighted by atomic mass is 10.1. The second-order valence-electron chi connectivity index (χ2n) is 4.89. The molecule has 0 saturated carbocycles. The molecule has 2 unspecified atom stereocenters. The van der Waals surface area contributed by atoms with Gasteiger partial charge in [0.2, 0.25) is 0 Å². The predicted molar refractivity (Wildman–Crippen MR) is 65.3 cm³/mol. The van der Waals surface area contributed by atoms with Crippen molar-refractivity contribution < 1.29 is 31.9 Å². The predicted octanol–water partition coefficient (Wildman–Crippen LogP) is 2.31. The van der Waals surface area contributed by atoms with Crippen LogP contribution in [0.25, 0.3) is 0 Å². The molecule has 2 atom stereocenters. The van der Waals surface area contributed by atoms with Crippen molar-refractivity contribution in [3.8, 4) is 0 Å². The number of likely N-dealkylation sites (N-methyl/N-ethyl adjacent to an activating group) is 1. The molecule has 2 amide bonds. The molecule has 2 heterocycles. The number of hydrogen-bond acceptors (Lipinski definition) is 3. The molecule has 1 aromatic rings. The molecule has 1 N–H and O–H groups in total. The van der Waals surface area contributed by atoms with Gasteiger partial charge in [-0.1, -0.05) is 0 Å². The molecule has 0 aromatic carbocycles. The number of anilines is 1. The molecule has 22 heavy (non-hydrogen) atoms. The van der Waals surface area contributed by atoms with Gasteiger partial charge in [-0.2, -0.15) is 22.0 Å². The SMILES string of the molecule is CC1C(O)N(c2cc(C(F)(F)C(F)(F)F)ccn2)C(=O)N1C. The van der Waals surface area contributed by atoms with Crippen LogP contribution in [-0.4, -0.2) is 46.5 Å². The molecule has 122 valence electrons. The lowest BCUT2D eigenvalue weighted by Crippen LogP contribution is -2.37. The number of rotatable bonds is 2. The van der Waals surface area contributed by atoms with Crippen LogP contribution in [0, 0.1) is 0 Å². The van der Waals surface area contributed by atoms with Crippen LogP contribution in [0.1, 0.15) is 12.5 Å². The number of aromatic nitrogens is 1. The fraction of sp³-hybridized carbons (Fsp3) is 0.500. The van der Waals surface area contributed by atoms with Crippen LogP contribution in [0.3, 0.4) is 0 Å². The third kappa shape index (κ3) is 2.36. The molecule has 5 nitrogen and oxygen atoms in total. The van der Waals surface area contributed by atoms with Crippen LogP contribution in [0.2, 0.25) is 0 Å². The van der Waals surface area contributed by atoms with E-state index >= 15 is 0 Å². The van der Waals surface area contributed by atoms with Gasteiger partial charge in [0.15, 0.2) is 6.23 Å². The molecule has 1 aromatic heterocycles. The lowest BCUT2D eigenvalue weighted by Gasteiger charge is -2.23. The van der Waals surface area contributed by atoms with Gasteiger partial charge in [-0.25, -0.2) is 14.7 Å². The summed E-state index contributed by atoms with van der Waals surface area (Å²) in [6.45, 7) is 1.50. The van der Waals surface area contributed by atoms with Gasteiger partial charge in [-0.3, -0.25) is 0 Å². The minimum atomic E-state index is -5.77. The van der Waals surface area contributed by atoms with Crippen molar-refractivity contribution in [3.63, 3.8) is 0 Å². The standard InChI is InChI=1S/C12H12F5N3O2/c1-6-9(21)20(10(22)19(6)2)8-5-7(3-4-18-8)11(13,14)12(15,16)17/h3-6,9,21H,1-2H3. The van der Waals surface area contributed by atoms with Crippen LogP contribution >= 0.6 is 0 Å². The minimum absolute atomic E-state index is 0.445. The number of amides is 2. The van der Waals surface area contributed by atoms with Gasteiger partial charge in [0.25, 0.3) is 0 Å². The van der Waals surface area contributed by atoms with Crippen molar-refractivity contribution >= 4 is 11.8 Å². The highest BCUT2D eigenvalue weighted by Crippen LogP contribution is 2.44. The Hall–Kier alpha value is -1.97. The van der Waals surface area contributed by atoms with E-state index in [1.807, 2.05) is 0 Å². The molecule has 1 aliphatic rings. The first-order valence-electron chi connectivity index (χ1n) is 6.13. The van der Waals surface area contributed by atoms with Crippen molar-refractivity contribution in [3.05, 3.63) is 23.9 Å². The van der Waals surface area contributed by atoms with Crippen LogP contribution in [0.5, 0.6) is 0 Å². The summed E-state index contributed by atoms with van der Waals surface area (Å²) in [4.78, 5) is 17.3. The van der Waals surface area contributed by atoms with Crippen molar-refractivity contribution in [2.75, 3.05) is 11.9 Å². The minimum Gasteiger partial charge on any atom is -0.371 e. The highest BCUT2D eigenvalue weighted by molar-refractivity contribution is 5.94. The normalized spacial score (nSPS) is 23.4. The van der Waals surface area contributed by atoms with E-state index in [4.69, 9.17) is 0 Å². The van der Waals surface area contributed by atoms with Crippen LogP contribution in [0.15, 0.2) is 18.3 Å².